The summed E-state index contributed by atoms with van der Waals surface area (Å²) in [5.41, 5.74) is 0.236. The first-order valence-corrected chi connectivity index (χ1v) is 6.21. The zero-order valence-corrected chi connectivity index (χ0v) is 9.72. The Hall–Kier alpha value is -0.910. The van der Waals surface area contributed by atoms with Crippen LogP contribution >= 0.6 is 11.3 Å². The maximum atomic E-state index is 10.8. The van der Waals surface area contributed by atoms with Crippen LogP contribution in [-0.2, 0) is 6.54 Å². The molecule has 0 radical (unpaired) electrons. The molecule has 5 heteroatoms. The highest BCUT2D eigenvalue weighted by Crippen LogP contribution is 2.30. The number of carboxylic acids is 1. The highest BCUT2D eigenvalue weighted by atomic mass is 32.1. The molecule has 2 rings (SSSR count). The largest absolute Gasteiger partial charge is 0.477 e. The van der Waals surface area contributed by atoms with Crippen LogP contribution in [0.1, 0.15) is 34.5 Å². The second-order valence-electron chi connectivity index (χ2n) is 4.26. The lowest BCUT2D eigenvalue weighted by atomic mass is 9.80. The highest BCUT2D eigenvalue weighted by molar-refractivity contribution is 7.12. The molecule has 1 fully saturated rings. The lowest BCUT2D eigenvalue weighted by Crippen LogP contribution is -2.46. The normalized spacial score (nSPS) is 18.1. The predicted octanol–water partition coefficient (Wildman–Crippen LogP) is 1.45. The van der Waals surface area contributed by atoms with E-state index < -0.39 is 11.6 Å². The summed E-state index contributed by atoms with van der Waals surface area (Å²) in [6.07, 6.45) is 2.77. The second kappa shape index (κ2) is 4.53. The maximum Gasteiger partial charge on any atom is 0.346 e. The predicted molar refractivity (Wildman–Crippen MR) is 61.8 cm³/mol. The Morgan fingerprint density at radius 1 is 1.56 bits per heavy atom. The average Bonchev–Trinajstić information content (AvgIpc) is 2.63. The molecule has 88 valence electrons. The number of hydrogen-bond donors (Lipinski definition) is 3. The molecular formula is C11H15NO3S. The molecule has 0 atom stereocenters. The standard InChI is InChI=1S/C11H15NO3S/c13-10(14)9-8(2-5-16-9)6-12-7-11(15)3-1-4-11/h2,5,12,15H,1,3-4,6-7H2,(H,13,14). The van der Waals surface area contributed by atoms with E-state index in [1.54, 1.807) is 5.38 Å². The van der Waals surface area contributed by atoms with Gasteiger partial charge in [0.25, 0.3) is 0 Å². The van der Waals surface area contributed by atoms with Gasteiger partial charge in [0, 0.05) is 13.1 Å². The van der Waals surface area contributed by atoms with Gasteiger partial charge in [0.15, 0.2) is 0 Å². The Morgan fingerprint density at radius 2 is 2.31 bits per heavy atom. The molecule has 16 heavy (non-hydrogen) atoms. The van der Waals surface area contributed by atoms with Crippen molar-refractivity contribution in [1.82, 2.24) is 5.32 Å². The third kappa shape index (κ3) is 2.42. The smallest absolute Gasteiger partial charge is 0.346 e. The van der Waals surface area contributed by atoms with Gasteiger partial charge in [0.2, 0.25) is 0 Å². The first kappa shape index (κ1) is 11.6. The number of thiophene rings is 1. The Bertz CT molecular complexity index is 384. The quantitative estimate of drug-likeness (QED) is 0.730. The molecule has 1 heterocycles. The second-order valence-corrected chi connectivity index (χ2v) is 5.18. The third-order valence-electron chi connectivity index (χ3n) is 2.99. The van der Waals surface area contributed by atoms with E-state index in [0.717, 1.165) is 24.8 Å². The summed E-state index contributed by atoms with van der Waals surface area (Å²) in [6.45, 7) is 1.05. The van der Waals surface area contributed by atoms with Crippen molar-refractivity contribution in [2.24, 2.45) is 0 Å². The number of hydrogen-bond acceptors (Lipinski definition) is 4. The van der Waals surface area contributed by atoms with Crippen molar-refractivity contribution in [1.29, 1.82) is 0 Å². The average molecular weight is 241 g/mol. The minimum absolute atomic E-state index is 0.382. The van der Waals surface area contributed by atoms with Gasteiger partial charge in [-0.15, -0.1) is 11.3 Å². The Kier molecular flexibility index (Phi) is 3.28. The van der Waals surface area contributed by atoms with Crippen LogP contribution in [0.15, 0.2) is 11.4 Å². The van der Waals surface area contributed by atoms with Gasteiger partial charge >= 0.3 is 5.97 Å². The number of rotatable bonds is 5. The van der Waals surface area contributed by atoms with Crippen LogP contribution in [-0.4, -0.2) is 28.3 Å². The number of carboxylic acid groups (broad SMARTS) is 1. The molecule has 1 aliphatic rings. The molecule has 1 saturated carbocycles. The first-order valence-electron chi connectivity index (χ1n) is 5.33. The van der Waals surface area contributed by atoms with E-state index in [2.05, 4.69) is 5.32 Å². The van der Waals surface area contributed by atoms with Gasteiger partial charge in [-0.2, -0.15) is 0 Å². The van der Waals surface area contributed by atoms with Gasteiger partial charge in [0.1, 0.15) is 4.88 Å². The fraction of sp³-hybridized carbons (Fsp3) is 0.545. The Balaban J connectivity index is 1.85. The third-order valence-corrected chi connectivity index (χ3v) is 3.94. The maximum absolute atomic E-state index is 10.8. The van der Waals surface area contributed by atoms with E-state index in [0.29, 0.717) is 18.0 Å². The van der Waals surface area contributed by atoms with Crippen molar-refractivity contribution in [3.8, 4) is 0 Å². The molecule has 1 aromatic heterocycles. The van der Waals surface area contributed by atoms with E-state index in [9.17, 15) is 9.90 Å². The van der Waals surface area contributed by atoms with Crippen LogP contribution in [0.25, 0.3) is 0 Å². The molecular weight excluding hydrogens is 226 g/mol. The number of carbonyl (C=O) groups is 1. The van der Waals surface area contributed by atoms with E-state index >= 15 is 0 Å². The summed E-state index contributed by atoms with van der Waals surface area (Å²) < 4.78 is 0. The van der Waals surface area contributed by atoms with Crippen molar-refractivity contribution >= 4 is 17.3 Å². The Labute approximate surface area is 97.9 Å². The summed E-state index contributed by atoms with van der Waals surface area (Å²) in [5, 5.41) is 23.6. The van der Waals surface area contributed by atoms with Crippen LogP contribution < -0.4 is 5.32 Å². The monoisotopic (exact) mass is 241 g/mol. The van der Waals surface area contributed by atoms with Gasteiger partial charge in [-0.1, -0.05) is 0 Å². The molecule has 0 bridgehead atoms. The van der Waals surface area contributed by atoms with Gasteiger partial charge in [-0.25, -0.2) is 4.79 Å². The van der Waals surface area contributed by atoms with Crippen LogP contribution in [0, 0.1) is 0 Å². The van der Waals surface area contributed by atoms with Crippen molar-refractivity contribution in [3.05, 3.63) is 21.9 Å². The van der Waals surface area contributed by atoms with Gasteiger partial charge < -0.3 is 15.5 Å². The summed E-state index contributed by atoms with van der Waals surface area (Å²) in [4.78, 5) is 11.2. The lowest BCUT2D eigenvalue weighted by Gasteiger charge is -2.36. The van der Waals surface area contributed by atoms with Crippen molar-refractivity contribution in [2.75, 3.05) is 6.54 Å². The van der Waals surface area contributed by atoms with Crippen LogP contribution in [0.5, 0.6) is 0 Å². The van der Waals surface area contributed by atoms with Crippen molar-refractivity contribution in [3.63, 3.8) is 0 Å². The molecule has 0 amide bonds. The van der Waals surface area contributed by atoms with Gasteiger partial charge in [0.05, 0.1) is 5.60 Å². The summed E-state index contributed by atoms with van der Waals surface area (Å²) in [6, 6.07) is 1.81. The van der Waals surface area contributed by atoms with E-state index in [-0.39, 0.29) is 0 Å². The van der Waals surface area contributed by atoms with Crippen molar-refractivity contribution < 1.29 is 15.0 Å². The SMILES string of the molecule is O=C(O)c1sccc1CNCC1(O)CCC1. The molecule has 3 N–H and O–H groups in total. The molecule has 1 aliphatic carbocycles. The summed E-state index contributed by atoms with van der Waals surface area (Å²) in [7, 11) is 0. The summed E-state index contributed by atoms with van der Waals surface area (Å²) >= 11 is 1.23. The molecule has 0 spiro atoms. The minimum Gasteiger partial charge on any atom is -0.477 e. The fourth-order valence-electron chi connectivity index (χ4n) is 1.85. The van der Waals surface area contributed by atoms with Crippen LogP contribution in [0.3, 0.4) is 0 Å². The minimum atomic E-state index is -0.880. The zero-order chi connectivity index (χ0) is 11.6. The molecule has 0 saturated heterocycles. The first-order chi connectivity index (χ1) is 7.61. The zero-order valence-electron chi connectivity index (χ0n) is 8.90. The fourth-order valence-corrected chi connectivity index (χ4v) is 2.61. The number of nitrogens with one attached hydrogen (secondary N) is 1. The van der Waals surface area contributed by atoms with Gasteiger partial charge in [-0.05, 0) is 36.3 Å². The lowest BCUT2D eigenvalue weighted by molar-refractivity contribution is -0.0314. The van der Waals surface area contributed by atoms with Crippen LogP contribution in [0.4, 0.5) is 0 Å². The summed E-state index contributed by atoms with van der Waals surface area (Å²) in [5.74, 6) is -0.880. The number of aliphatic hydroxyl groups is 1. The highest BCUT2D eigenvalue weighted by Gasteiger charge is 2.33. The molecule has 1 aromatic rings. The molecule has 0 aliphatic heterocycles. The molecule has 0 unspecified atom stereocenters. The van der Waals surface area contributed by atoms with E-state index in [1.165, 1.54) is 11.3 Å². The van der Waals surface area contributed by atoms with E-state index in [4.69, 9.17) is 5.11 Å². The molecule has 4 nitrogen and oxygen atoms in total. The molecule has 0 aromatic carbocycles. The topological polar surface area (TPSA) is 69.6 Å². The van der Waals surface area contributed by atoms with Gasteiger partial charge in [-0.3, -0.25) is 0 Å². The van der Waals surface area contributed by atoms with Crippen LogP contribution in [0.2, 0.25) is 0 Å². The van der Waals surface area contributed by atoms with E-state index in [1.807, 2.05) is 6.07 Å². The van der Waals surface area contributed by atoms with Crippen molar-refractivity contribution in [2.45, 2.75) is 31.4 Å². The Morgan fingerprint density at radius 3 is 2.88 bits per heavy atom. The number of aromatic carboxylic acids is 1.